The second-order valence-corrected chi connectivity index (χ2v) is 5.65. The maximum atomic E-state index is 12.2. The first-order chi connectivity index (χ1) is 9.52. The molecule has 0 aliphatic carbocycles. The second kappa shape index (κ2) is 6.63. The van der Waals surface area contributed by atoms with E-state index < -0.39 is 5.91 Å². The van der Waals surface area contributed by atoms with Gasteiger partial charge in [-0.3, -0.25) is 4.79 Å². The molecule has 0 radical (unpaired) electrons. The first-order valence-electron chi connectivity index (χ1n) is 5.34. The number of carbonyl (C=O) groups excluding carboxylic acids is 1. The van der Waals surface area contributed by atoms with Crippen molar-refractivity contribution in [2.45, 2.75) is 4.90 Å². The molecule has 4 nitrogen and oxygen atoms in total. The van der Waals surface area contributed by atoms with E-state index in [1.165, 1.54) is 18.1 Å². The Hall–Kier alpha value is -1.01. The first-order valence-corrected chi connectivity index (χ1v) is 7.69. The summed E-state index contributed by atoms with van der Waals surface area (Å²) in [5, 5.41) is 3.06. The van der Waals surface area contributed by atoms with Gasteiger partial charge in [-0.05, 0) is 24.5 Å². The summed E-state index contributed by atoms with van der Waals surface area (Å²) < 4.78 is 0. The van der Waals surface area contributed by atoms with Crippen LogP contribution in [0.25, 0.3) is 0 Å². The fourth-order valence-corrected chi connectivity index (χ4v) is 2.34. The molecule has 0 spiro atoms. The van der Waals surface area contributed by atoms with Gasteiger partial charge in [0, 0.05) is 4.90 Å². The molecular weight excluding hydrogens is 341 g/mol. The van der Waals surface area contributed by atoms with Gasteiger partial charge in [-0.2, -0.15) is 0 Å². The molecule has 1 N–H and O–H groups in total. The number of carbonyl (C=O) groups is 1. The Bertz CT molecular complexity index is 666. The zero-order valence-corrected chi connectivity index (χ0v) is 13.2. The SMILES string of the molecule is CSc1ccc(Cl)c(C(=O)Nc2ncnc(Cl)c2Cl)c1. The fourth-order valence-electron chi connectivity index (χ4n) is 1.42. The van der Waals surface area contributed by atoms with E-state index in [0.717, 1.165) is 4.90 Å². The number of thioether (sulfide) groups is 1. The number of anilines is 1. The molecule has 2 aromatic rings. The Balaban J connectivity index is 2.30. The van der Waals surface area contributed by atoms with Crippen LogP contribution in [-0.4, -0.2) is 22.1 Å². The number of nitrogens with zero attached hydrogens (tertiary/aromatic N) is 2. The van der Waals surface area contributed by atoms with E-state index in [0.29, 0.717) is 10.6 Å². The highest BCUT2D eigenvalue weighted by molar-refractivity contribution is 7.98. The minimum absolute atomic E-state index is 0.0703. The third-order valence-electron chi connectivity index (χ3n) is 2.40. The Kier molecular flexibility index (Phi) is 5.10. The lowest BCUT2D eigenvalue weighted by molar-refractivity contribution is 0.102. The summed E-state index contributed by atoms with van der Waals surface area (Å²) in [7, 11) is 0. The minimum Gasteiger partial charge on any atom is -0.305 e. The van der Waals surface area contributed by atoms with Crippen molar-refractivity contribution in [1.29, 1.82) is 0 Å². The van der Waals surface area contributed by atoms with Gasteiger partial charge in [-0.15, -0.1) is 11.8 Å². The normalized spacial score (nSPS) is 10.4. The summed E-state index contributed by atoms with van der Waals surface area (Å²) in [5.41, 5.74) is 0.337. The lowest BCUT2D eigenvalue weighted by Gasteiger charge is -2.08. The molecule has 1 amide bonds. The number of nitrogens with one attached hydrogen (secondary N) is 1. The van der Waals surface area contributed by atoms with Gasteiger partial charge in [-0.1, -0.05) is 34.8 Å². The molecular formula is C12H8Cl3N3OS. The van der Waals surface area contributed by atoms with Crippen LogP contribution < -0.4 is 5.32 Å². The van der Waals surface area contributed by atoms with Crippen molar-refractivity contribution >= 4 is 58.3 Å². The van der Waals surface area contributed by atoms with E-state index in [9.17, 15) is 4.79 Å². The number of halogens is 3. The molecule has 1 aromatic carbocycles. The molecule has 8 heteroatoms. The molecule has 1 aromatic heterocycles. The van der Waals surface area contributed by atoms with Crippen molar-refractivity contribution in [3.05, 3.63) is 45.3 Å². The summed E-state index contributed by atoms with van der Waals surface area (Å²) in [5.74, 6) is -0.273. The zero-order chi connectivity index (χ0) is 14.7. The zero-order valence-electron chi connectivity index (χ0n) is 10.2. The van der Waals surface area contributed by atoms with Crippen LogP contribution in [0.3, 0.4) is 0 Å². The van der Waals surface area contributed by atoms with Crippen LogP contribution in [-0.2, 0) is 0 Å². The van der Waals surface area contributed by atoms with Gasteiger partial charge in [0.2, 0.25) is 0 Å². The Labute approximate surface area is 134 Å². The monoisotopic (exact) mass is 347 g/mol. The van der Waals surface area contributed by atoms with Crippen LogP contribution in [0.15, 0.2) is 29.4 Å². The average Bonchev–Trinajstić information content (AvgIpc) is 2.44. The molecule has 0 saturated heterocycles. The van der Waals surface area contributed by atoms with E-state index in [4.69, 9.17) is 34.8 Å². The van der Waals surface area contributed by atoms with Crippen LogP contribution in [0.5, 0.6) is 0 Å². The number of rotatable bonds is 3. The van der Waals surface area contributed by atoms with Crippen molar-refractivity contribution in [1.82, 2.24) is 9.97 Å². The summed E-state index contributed by atoms with van der Waals surface area (Å²) in [6.45, 7) is 0. The van der Waals surface area contributed by atoms with Gasteiger partial charge >= 0.3 is 0 Å². The topological polar surface area (TPSA) is 54.9 Å². The molecule has 2 rings (SSSR count). The number of hydrogen-bond acceptors (Lipinski definition) is 4. The maximum Gasteiger partial charge on any atom is 0.258 e. The van der Waals surface area contributed by atoms with Crippen molar-refractivity contribution in [2.75, 3.05) is 11.6 Å². The molecule has 0 aliphatic rings. The molecule has 1 heterocycles. The second-order valence-electron chi connectivity index (χ2n) is 3.63. The standard InChI is InChI=1S/C12H8Cl3N3OS/c1-20-6-2-3-8(13)7(4-6)12(19)18-11-9(14)10(15)16-5-17-11/h2-5H,1H3,(H,16,17,18,19). The smallest absolute Gasteiger partial charge is 0.258 e. The van der Waals surface area contributed by atoms with E-state index in [2.05, 4.69) is 15.3 Å². The van der Waals surface area contributed by atoms with Gasteiger partial charge in [0.1, 0.15) is 11.3 Å². The lowest BCUT2D eigenvalue weighted by atomic mass is 10.2. The minimum atomic E-state index is -0.414. The van der Waals surface area contributed by atoms with Gasteiger partial charge in [0.15, 0.2) is 11.0 Å². The first kappa shape index (κ1) is 15.4. The van der Waals surface area contributed by atoms with E-state index in [1.807, 2.05) is 12.3 Å². The third-order valence-corrected chi connectivity index (χ3v) is 4.19. The van der Waals surface area contributed by atoms with Crippen molar-refractivity contribution < 1.29 is 4.79 Å². The Morgan fingerprint density at radius 2 is 2.00 bits per heavy atom. The molecule has 104 valence electrons. The Morgan fingerprint density at radius 1 is 1.25 bits per heavy atom. The van der Waals surface area contributed by atoms with Crippen LogP contribution >= 0.6 is 46.6 Å². The van der Waals surface area contributed by atoms with Gasteiger partial charge < -0.3 is 5.32 Å². The molecule has 0 saturated carbocycles. The fraction of sp³-hybridized carbons (Fsp3) is 0.0833. The summed E-state index contributed by atoms with van der Waals surface area (Å²) >= 11 is 19.2. The number of amides is 1. The van der Waals surface area contributed by atoms with Gasteiger partial charge in [0.25, 0.3) is 5.91 Å². The molecule has 0 unspecified atom stereocenters. The molecule has 0 atom stereocenters. The Morgan fingerprint density at radius 3 is 2.70 bits per heavy atom. The maximum absolute atomic E-state index is 12.2. The van der Waals surface area contributed by atoms with Crippen LogP contribution in [0.1, 0.15) is 10.4 Å². The quantitative estimate of drug-likeness (QED) is 0.659. The third kappa shape index (κ3) is 3.35. The summed E-state index contributed by atoms with van der Waals surface area (Å²) in [6.07, 6.45) is 3.12. The molecule has 20 heavy (non-hydrogen) atoms. The van der Waals surface area contributed by atoms with E-state index >= 15 is 0 Å². The van der Waals surface area contributed by atoms with Gasteiger partial charge in [0.05, 0.1) is 10.6 Å². The molecule has 0 aliphatic heterocycles. The van der Waals surface area contributed by atoms with E-state index in [-0.39, 0.29) is 16.0 Å². The van der Waals surface area contributed by atoms with Crippen molar-refractivity contribution in [3.8, 4) is 0 Å². The predicted octanol–water partition coefficient (Wildman–Crippen LogP) is 4.41. The largest absolute Gasteiger partial charge is 0.305 e. The number of benzene rings is 1. The predicted molar refractivity (Wildman–Crippen MR) is 83.2 cm³/mol. The molecule has 0 fully saturated rings. The summed E-state index contributed by atoms with van der Waals surface area (Å²) in [6, 6.07) is 5.19. The highest BCUT2D eigenvalue weighted by Gasteiger charge is 2.15. The number of aromatic nitrogens is 2. The van der Waals surface area contributed by atoms with Crippen LogP contribution in [0.4, 0.5) is 5.82 Å². The highest BCUT2D eigenvalue weighted by atomic mass is 35.5. The van der Waals surface area contributed by atoms with Crippen LogP contribution in [0, 0.1) is 0 Å². The summed E-state index contributed by atoms with van der Waals surface area (Å²) in [4.78, 5) is 20.7. The molecule has 0 bridgehead atoms. The van der Waals surface area contributed by atoms with Crippen molar-refractivity contribution in [3.63, 3.8) is 0 Å². The lowest BCUT2D eigenvalue weighted by Crippen LogP contribution is -2.14. The van der Waals surface area contributed by atoms with Crippen molar-refractivity contribution in [2.24, 2.45) is 0 Å². The average molecular weight is 349 g/mol. The van der Waals surface area contributed by atoms with Gasteiger partial charge in [-0.25, -0.2) is 9.97 Å². The van der Waals surface area contributed by atoms with Crippen LogP contribution in [0.2, 0.25) is 15.2 Å². The highest BCUT2D eigenvalue weighted by Crippen LogP contribution is 2.27. The number of hydrogen-bond donors (Lipinski definition) is 1. The van der Waals surface area contributed by atoms with E-state index in [1.54, 1.807) is 12.1 Å².